The zero-order valence-electron chi connectivity index (χ0n) is 14.0. The maximum atomic E-state index is 9.47. The SMILES string of the molecule is COc1ccc2ncc(C#N)c(Nc3ccc4c(c3)OCCO4)c2c1.Cl. The van der Waals surface area contributed by atoms with Crippen molar-refractivity contribution in [2.45, 2.75) is 0 Å². The molecule has 0 atom stereocenters. The molecule has 1 aliphatic rings. The maximum absolute atomic E-state index is 9.47. The van der Waals surface area contributed by atoms with Gasteiger partial charge in [0, 0.05) is 23.3 Å². The number of halogens is 1. The van der Waals surface area contributed by atoms with Crippen LogP contribution in [0.25, 0.3) is 10.9 Å². The highest BCUT2D eigenvalue weighted by molar-refractivity contribution is 5.96. The average Bonchev–Trinajstić information content (AvgIpc) is 2.67. The summed E-state index contributed by atoms with van der Waals surface area (Å²) in [7, 11) is 1.61. The number of nitrogens with one attached hydrogen (secondary N) is 1. The number of ether oxygens (including phenoxy) is 3. The fourth-order valence-electron chi connectivity index (χ4n) is 2.78. The second-order valence-electron chi connectivity index (χ2n) is 5.53. The first kappa shape index (κ1) is 17.6. The quantitative estimate of drug-likeness (QED) is 0.750. The van der Waals surface area contributed by atoms with Crippen molar-refractivity contribution in [2.75, 3.05) is 25.6 Å². The minimum atomic E-state index is 0. The van der Waals surface area contributed by atoms with E-state index in [0.29, 0.717) is 36.0 Å². The molecule has 2 aromatic carbocycles. The average molecular weight is 370 g/mol. The van der Waals surface area contributed by atoms with Crippen LogP contribution in [0.15, 0.2) is 42.6 Å². The smallest absolute Gasteiger partial charge is 0.163 e. The summed E-state index contributed by atoms with van der Waals surface area (Å²) in [5, 5.41) is 13.6. The van der Waals surface area contributed by atoms with Crippen molar-refractivity contribution in [3.8, 4) is 23.3 Å². The number of nitriles is 1. The van der Waals surface area contributed by atoms with Gasteiger partial charge in [0.25, 0.3) is 0 Å². The van der Waals surface area contributed by atoms with Crippen molar-refractivity contribution < 1.29 is 14.2 Å². The minimum absolute atomic E-state index is 0. The maximum Gasteiger partial charge on any atom is 0.163 e. The summed E-state index contributed by atoms with van der Waals surface area (Å²) in [6.07, 6.45) is 1.56. The normalized spacial score (nSPS) is 12.0. The zero-order valence-corrected chi connectivity index (χ0v) is 14.8. The monoisotopic (exact) mass is 369 g/mol. The molecule has 0 saturated carbocycles. The molecule has 1 aliphatic heterocycles. The van der Waals surface area contributed by atoms with Crippen molar-refractivity contribution >= 4 is 34.7 Å². The highest BCUT2D eigenvalue weighted by Crippen LogP contribution is 2.36. The summed E-state index contributed by atoms with van der Waals surface area (Å²) >= 11 is 0. The van der Waals surface area contributed by atoms with Crippen LogP contribution >= 0.6 is 12.4 Å². The number of benzene rings is 2. The van der Waals surface area contributed by atoms with Crippen LogP contribution in [0.2, 0.25) is 0 Å². The van der Waals surface area contributed by atoms with Crippen LogP contribution in [-0.4, -0.2) is 25.3 Å². The molecule has 3 aromatic rings. The van der Waals surface area contributed by atoms with Crippen molar-refractivity contribution in [3.05, 3.63) is 48.2 Å². The Morgan fingerprint density at radius 3 is 2.69 bits per heavy atom. The first-order chi connectivity index (χ1) is 12.3. The van der Waals surface area contributed by atoms with Gasteiger partial charge in [-0.3, -0.25) is 4.98 Å². The van der Waals surface area contributed by atoms with E-state index < -0.39 is 0 Å². The molecule has 2 heterocycles. The van der Waals surface area contributed by atoms with Gasteiger partial charge in [-0.25, -0.2) is 0 Å². The molecule has 1 aromatic heterocycles. The van der Waals surface area contributed by atoms with E-state index >= 15 is 0 Å². The highest BCUT2D eigenvalue weighted by atomic mass is 35.5. The van der Waals surface area contributed by atoms with Crippen molar-refractivity contribution in [2.24, 2.45) is 0 Å². The number of methoxy groups -OCH3 is 1. The molecule has 1 N–H and O–H groups in total. The Labute approximate surface area is 156 Å². The number of rotatable bonds is 3. The van der Waals surface area contributed by atoms with Gasteiger partial charge in [-0.1, -0.05) is 0 Å². The van der Waals surface area contributed by atoms with Gasteiger partial charge in [0.1, 0.15) is 25.0 Å². The highest BCUT2D eigenvalue weighted by Gasteiger charge is 2.14. The standard InChI is InChI=1S/C19H15N3O3.ClH/c1-23-14-3-4-16-15(9-14)19(12(10-20)11-21-16)22-13-2-5-17-18(8-13)25-7-6-24-17;/h2-5,8-9,11H,6-7H2,1H3,(H,21,22);1H. The van der Waals surface area contributed by atoms with Crippen LogP contribution in [-0.2, 0) is 0 Å². The molecule has 132 valence electrons. The fourth-order valence-corrected chi connectivity index (χ4v) is 2.78. The van der Waals surface area contributed by atoms with Gasteiger partial charge < -0.3 is 19.5 Å². The van der Waals surface area contributed by atoms with Crippen LogP contribution < -0.4 is 19.5 Å². The van der Waals surface area contributed by atoms with E-state index in [1.807, 2.05) is 36.4 Å². The van der Waals surface area contributed by atoms with Crippen molar-refractivity contribution in [1.82, 2.24) is 4.98 Å². The van der Waals surface area contributed by atoms with E-state index in [4.69, 9.17) is 14.2 Å². The van der Waals surface area contributed by atoms with Crippen LogP contribution in [0.4, 0.5) is 11.4 Å². The second kappa shape index (κ2) is 7.38. The summed E-state index contributed by atoms with van der Waals surface area (Å²) in [6.45, 7) is 1.07. The van der Waals surface area contributed by atoms with E-state index in [2.05, 4.69) is 16.4 Å². The fraction of sp³-hybridized carbons (Fsp3) is 0.158. The van der Waals surface area contributed by atoms with Crippen LogP contribution in [0.3, 0.4) is 0 Å². The van der Waals surface area contributed by atoms with Crippen LogP contribution in [0.1, 0.15) is 5.56 Å². The number of aromatic nitrogens is 1. The predicted octanol–water partition coefficient (Wildman–Crippen LogP) is 4.05. The summed E-state index contributed by atoms with van der Waals surface area (Å²) in [4.78, 5) is 4.34. The lowest BCUT2D eigenvalue weighted by molar-refractivity contribution is 0.171. The lowest BCUT2D eigenvalue weighted by Crippen LogP contribution is -2.15. The lowest BCUT2D eigenvalue weighted by atomic mass is 10.1. The van der Waals surface area contributed by atoms with Gasteiger partial charge in [0.15, 0.2) is 11.5 Å². The largest absolute Gasteiger partial charge is 0.497 e. The van der Waals surface area contributed by atoms with Gasteiger partial charge in [-0.15, -0.1) is 12.4 Å². The molecule has 26 heavy (non-hydrogen) atoms. The molecule has 0 radical (unpaired) electrons. The summed E-state index contributed by atoms with van der Waals surface area (Å²) in [5.41, 5.74) is 2.72. The number of fused-ring (bicyclic) bond motifs is 2. The first-order valence-electron chi connectivity index (χ1n) is 7.82. The predicted molar refractivity (Wildman–Crippen MR) is 101 cm³/mol. The Morgan fingerprint density at radius 1 is 1.12 bits per heavy atom. The number of anilines is 2. The molecule has 0 amide bonds. The van der Waals surface area contributed by atoms with E-state index in [1.165, 1.54) is 0 Å². The topological polar surface area (TPSA) is 76.4 Å². The Kier molecular flexibility index (Phi) is 5.01. The van der Waals surface area contributed by atoms with Gasteiger partial charge in [0.2, 0.25) is 0 Å². The first-order valence-corrected chi connectivity index (χ1v) is 7.82. The van der Waals surface area contributed by atoms with E-state index in [-0.39, 0.29) is 12.4 Å². The minimum Gasteiger partial charge on any atom is -0.497 e. The number of hydrogen-bond donors (Lipinski definition) is 1. The van der Waals surface area contributed by atoms with E-state index in [0.717, 1.165) is 22.3 Å². The van der Waals surface area contributed by atoms with Gasteiger partial charge in [0.05, 0.1) is 23.9 Å². The Hall–Kier alpha value is -3.17. The van der Waals surface area contributed by atoms with Gasteiger partial charge >= 0.3 is 0 Å². The molecule has 7 heteroatoms. The molecule has 0 fully saturated rings. The third-order valence-electron chi connectivity index (χ3n) is 4.01. The summed E-state index contributed by atoms with van der Waals surface area (Å²) < 4.78 is 16.5. The molecule has 0 bridgehead atoms. The Bertz CT molecular complexity index is 1000. The zero-order chi connectivity index (χ0) is 17.2. The molecular formula is C19H16ClN3O3. The van der Waals surface area contributed by atoms with Crippen molar-refractivity contribution in [1.29, 1.82) is 5.26 Å². The molecular weight excluding hydrogens is 354 g/mol. The van der Waals surface area contributed by atoms with Gasteiger partial charge in [-0.05, 0) is 30.3 Å². The molecule has 4 rings (SSSR count). The van der Waals surface area contributed by atoms with Crippen LogP contribution in [0, 0.1) is 11.3 Å². The summed E-state index contributed by atoms with van der Waals surface area (Å²) in [5.74, 6) is 2.11. The lowest BCUT2D eigenvalue weighted by Gasteiger charge is -2.19. The third kappa shape index (κ3) is 3.17. The van der Waals surface area contributed by atoms with E-state index in [1.54, 1.807) is 13.3 Å². The van der Waals surface area contributed by atoms with Gasteiger partial charge in [-0.2, -0.15) is 5.26 Å². The molecule has 0 spiro atoms. The summed E-state index contributed by atoms with van der Waals surface area (Å²) in [6, 6.07) is 13.4. The van der Waals surface area contributed by atoms with Crippen LogP contribution in [0.5, 0.6) is 17.2 Å². The Morgan fingerprint density at radius 2 is 1.92 bits per heavy atom. The molecule has 0 saturated heterocycles. The number of hydrogen-bond acceptors (Lipinski definition) is 6. The third-order valence-corrected chi connectivity index (χ3v) is 4.01. The van der Waals surface area contributed by atoms with E-state index in [9.17, 15) is 5.26 Å². The molecule has 0 aliphatic carbocycles. The second-order valence-corrected chi connectivity index (χ2v) is 5.53. The molecule has 0 unspecified atom stereocenters. The van der Waals surface area contributed by atoms with Crippen molar-refractivity contribution in [3.63, 3.8) is 0 Å². The number of pyridine rings is 1. The molecule has 6 nitrogen and oxygen atoms in total. The Balaban J connectivity index is 0.00000196. The number of nitrogens with zero attached hydrogens (tertiary/aromatic N) is 2.